The smallest absolute Gasteiger partial charge is 0.239 e. The molecule has 0 atom stereocenters. The summed E-state index contributed by atoms with van der Waals surface area (Å²) in [5.41, 5.74) is 1.04. The first-order valence-corrected chi connectivity index (χ1v) is 6.63. The zero-order valence-corrected chi connectivity index (χ0v) is 12.2. The van der Waals surface area contributed by atoms with Gasteiger partial charge in [-0.15, -0.1) is 0 Å². The first-order chi connectivity index (χ1) is 9.13. The van der Waals surface area contributed by atoms with Crippen molar-refractivity contribution in [3.63, 3.8) is 0 Å². The van der Waals surface area contributed by atoms with Gasteiger partial charge in [-0.1, -0.05) is 13.8 Å². The third-order valence-corrected chi connectivity index (χ3v) is 2.84. The van der Waals surface area contributed by atoms with E-state index in [1.54, 1.807) is 7.05 Å². The highest BCUT2D eigenvalue weighted by molar-refractivity contribution is 5.81. The maximum absolute atomic E-state index is 11.4. The summed E-state index contributed by atoms with van der Waals surface area (Å²) in [5.74, 6) is 1.63. The van der Waals surface area contributed by atoms with Crippen LogP contribution in [0.1, 0.15) is 25.8 Å². The molecule has 1 heterocycles. The fourth-order valence-electron chi connectivity index (χ4n) is 1.82. The topological polar surface area (TPSA) is 70.2 Å². The largest absolute Gasteiger partial charge is 0.370 e. The van der Waals surface area contributed by atoms with Gasteiger partial charge in [-0.3, -0.25) is 4.79 Å². The van der Waals surface area contributed by atoms with Crippen molar-refractivity contribution in [3.8, 4) is 0 Å². The lowest BCUT2D eigenvalue weighted by Crippen LogP contribution is -2.34. The molecular formula is C13H23N5O. The molecule has 0 fully saturated rings. The predicted molar refractivity (Wildman–Crippen MR) is 77.5 cm³/mol. The van der Waals surface area contributed by atoms with E-state index in [0.29, 0.717) is 0 Å². The first kappa shape index (κ1) is 15.2. The molecular weight excluding hydrogens is 242 g/mol. The molecule has 6 heteroatoms. The molecule has 0 radical (unpaired) electrons. The number of amides is 1. The van der Waals surface area contributed by atoms with Crippen LogP contribution >= 0.6 is 0 Å². The molecule has 1 aromatic rings. The molecule has 0 aromatic carbocycles. The highest BCUT2D eigenvalue weighted by atomic mass is 16.1. The van der Waals surface area contributed by atoms with Gasteiger partial charge in [0, 0.05) is 26.2 Å². The van der Waals surface area contributed by atoms with Crippen LogP contribution in [0.2, 0.25) is 0 Å². The van der Waals surface area contributed by atoms with Gasteiger partial charge in [-0.05, 0) is 12.8 Å². The lowest BCUT2D eigenvalue weighted by molar-refractivity contribution is -0.119. The van der Waals surface area contributed by atoms with Gasteiger partial charge in [0.1, 0.15) is 18.0 Å². The molecule has 6 nitrogen and oxygen atoms in total. The van der Waals surface area contributed by atoms with Gasteiger partial charge in [0.2, 0.25) is 5.91 Å². The molecule has 0 aliphatic heterocycles. The van der Waals surface area contributed by atoms with Crippen molar-refractivity contribution < 1.29 is 4.79 Å². The number of carbonyl (C=O) groups is 1. The van der Waals surface area contributed by atoms with Gasteiger partial charge in [0.25, 0.3) is 0 Å². The van der Waals surface area contributed by atoms with Crippen LogP contribution in [0.4, 0.5) is 11.6 Å². The lowest BCUT2D eigenvalue weighted by atomic mass is 10.2. The summed E-state index contributed by atoms with van der Waals surface area (Å²) in [6.45, 7) is 5.34. The van der Waals surface area contributed by atoms with E-state index < -0.39 is 0 Å². The van der Waals surface area contributed by atoms with E-state index >= 15 is 0 Å². The maximum Gasteiger partial charge on any atom is 0.239 e. The average Bonchev–Trinajstić information content (AvgIpc) is 2.44. The number of anilines is 2. The number of aromatic nitrogens is 2. The van der Waals surface area contributed by atoms with Crippen LogP contribution in [0, 0.1) is 0 Å². The van der Waals surface area contributed by atoms with E-state index in [-0.39, 0.29) is 12.5 Å². The second kappa shape index (κ2) is 7.56. The summed E-state index contributed by atoms with van der Waals surface area (Å²) >= 11 is 0. The highest BCUT2D eigenvalue weighted by Gasteiger charge is 2.14. The highest BCUT2D eigenvalue weighted by Crippen LogP contribution is 2.22. The minimum Gasteiger partial charge on any atom is -0.370 e. The molecule has 0 saturated carbocycles. The van der Waals surface area contributed by atoms with Crippen molar-refractivity contribution in [2.24, 2.45) is 0 Å². The Morgan fingerprint density at radius 1 is 1.37 bits per heavy atom. The zero-order valence-electron chi connectivity index (χ0n) is 12.2. The number of likely N-dealkylation sites (N-methyl/N-ethyl adjacent to an activating group) is 2. The summed E-state index contributed by atoms with van der Waals surface area (Å²) < 4.78 is 0. The van der Waals surface area contributed by atoms with Crippen molar-refractivity contribution in [1.82, 2.24) is 15.3 Å². The van der Waals surface area contributed by atoms with E-state index in [2.05, 4.69) is 34.4 Å². The SMILES string of the molecule is CCCNc1ncnc(N(C)CC(=O)NC)c1CC. The van der Waals surface area contributed by atoms with Gasteiger partial charge < -0.3 is 15.5 Å². The quantitative estimate of drug-likeness (QED) is 0.771. The number of nitrogens with zero attached hydrogens (tertiary/aromatic N) is 3. The van der Waals surface area contributed by atoms with Gasteiger partial charge in [-0.2, -0.15) is 0 Å². The fourth-order valence-corrected chi connectivity index (χ4v) is 1.82. The van der Waals surface area contributed by atoms with E-state index in [0.717, 1.165) is 36.6 Å². The standard InChI is InChI=1S/C13H23N5O/c1-5-7-15-12-10(6-2)13(17-9-16-12)18(4)8-11(19)14-3/h9H,5-8H2,1-4H3,(H,14,19)(H,15,16,17). The summed E-state index contributed by atoms with van der Waals surface area (Å²) in [5, 5.41) is 5.91. The third-order valence-electron chi connectivity index (χ3n) is 2.84. The van der Waals surface area contributed by atoms with Gasteiger partial charge in [0.15, 0.2) is 0 Å². The molecule has 0 unspecified atom stereocenters. The molecule has 0 aliphatic carbocycles. The van der Waals surface area contributed by atoms with Crippen molar-refractivity contribution in [2.75, 3.05) is 37.4 Å². The van der Waals surface area contributed by atoms with Crippen LogP contribution in [-0.4, -0.2) is 43.1 Å². The van der Waals surface area contributed by atoms with Crippen molar-refractivity contribution in [2.45, 2.75) is 26.7 Å². The molecule has 1 amide bonds. The number of rotatable bonds is 7. The molecule has 0 aliphatic rings. The molecule has 19 heavy (non-hydrogen) atoms. The Balaban J connectivity index is 2.96. The van der Waals surface area contributed by atoms with Crippen molar-refractivity contribution in [3.05, 3.63) is 11.9 Å². The lowest BCUT2D eigenvalue weighted by Gasteiger charge is -2.21. The van der Waals surface area contributed by atoms with E-state index in [1.807, 2.05) is 11.9 Å². The van der Waals surface area contributed by atoms with Gasteiger partial charge in [0.05, 0.1) is 6.54 Å². The predicted octanol–water partition coefficient (Wildman–Crippen LogP) is 1.04. The molecule has 1 rings (SSSR count). The maximum atomic E-state index is 11.4. The normalized spacial score (nSPS) is 10.1. The number of hydrogen-bond acceptors (Lipinski definition) is 5. The summed E-state index contributed by atoms with van der Waals surface area (Å²) in [7, 11) is 3.49. The Morgan fingerprint density at radius 2 is 2.11 bits per heavy atom. The van der Waals surface area contributed by atoms with Crippen LogP contribution < -0.4 is 15.5 Å². The molecule has 0 bridgehead atoms. The Kier molecular flexibility index (Phi) is 6.05. The third kappa shape index (κ3) is 4.08. The monoisotopic (exact) mass is 265 g/mol. The molecule has 1 aromatic heterocycles. The number of carbonyl (C=O) groups excluding carboxylic acids is 1. The fraction of sp³-hybridized carbons (Fsp3) is 0.615. The summed E-state index contributed by atoms with van der Waals surface area (Å²) in [4.78, 5) is 21.9. The summed E-state index contributed by atoms with van der Waals surface area (Å²) in [6, 6.07) is 0. The minimum absolute atomic E-state index is 0.0359. The Hall–Kier alpha value is -1.85. The van der Waals surface area contributed by atoms with Crippen LogP contribution in [0.3, 0.4) is 0 Å². The molecule has 0 spiro atoms. The van der Waals surface area contributed by atoms with Gasteiger partial charge >= 0.3 is 0 Å². The van der Waals surface area contributed by atoms with Crippen LogP contribution in [-0.2, 0) is 11.2 Å². The summed E-state index contributed by atoms with van der Waals surface area (Å²) in [6.07, 6.45) is 3.39. The van der Waals surface area contributed by atoms with E-state index in [9.17, 15) is 4.79 Å². The zero-order chi connectivity index (χ0) is 14.3. The van der Waals surface area contributed by atoms with Crippen molar-refractivity contribution >= 4 is 17.5 Å². The van der Waals surface area contributed by atoms with Crippen molar-refractivity contribution in [1.29, 1.82) is 0 Å². The first-order valence-electron chi connectivity index (χ1n) is 6.63. The second-order valence-electron chi connectivity index (χ2n) is 4.33. The van der Waals surface area contributed by atoms with Crippen LogP contribution in [0.25, 0.3) is 0 Å². The molecule has 106 valence electrons. The van der Waals surface area contributed by atoms with E-state index in [1.165, 1.54) is 6.33 Å². The van der Waals surface area contributed by atoms with Gasteiger partial charge in [-0.25, -0.2) is 9.97 Å². The average molecular weight is 265 g/mol. The Morgan fingerprint density at radius 3 is 2.68 bits per heavy atom. The second-order valence-corrected chi connectivity index (χ2v) is 4.33. The van der Waals surface area contributed by atoms with E-state index in [4.69, 9.17) is 0 Å². The van der Waals surface area contributed by atoms with Crippen LogP contribution in [0.5, 0.6) is 0 Å². The number of nitrogens with one attached hydrogen (secondary N) is 2. The minimum atomic E-state index is -0.0359. The molecule has 2 N–H and O–H groups in total. The Bertz CT molecular complexity index is 421. The Labute approximate surface area is 114 Å². The number of hydrogen-bond donors (Lipinski definition) is 2. The molecule has 0 saturated heterocycles. The van der Waals surface area contributed by atoms with Crippen LogP contribution in [0.15, 0.2) is 6.33 Å².